The summed E-state index contributed by atoms with van der Waals surface area (Å²) >= 11 is 7.60. The summed E-state index contributed by atoms with van der Waals surface area (Å²) in [4.78, 5) is 3.49. The van der Waals surface area contributed by atoms with Crippen molar-refractivity contribution in [2.75, 3.05) is 11.9 Å². The Balaban J connectivity index is 2.21. The van der Waals surface area contributed by atoms with Crippen LogP contribution in [0.15, 0.2) is 36.4 Å². The maximum atomic E-state index is 6.19. The Morgan fingerprint density at radius 3 is 2.63 bits per heavy atom. The molecule has 0 saturated carbocycles. The van der Waals surface area contributed by atoms with Gasteiger partial charge in [0.25, 0.3) is 0 Å². The average Bonchev–Trinajstić information content (AvgIpc) is 2.83. The molecule has 0 bridgehead atoms. The highest BCUT2D eigenvalue weighted by Crippen LogP contribution is 2.29. The molecule has 0 spiro atoms. The number of anilines is 1. The molecule has 0 amide bonds. The van der Waals surface area contributed by atoms with E-state index in [1.54, 1.807) is 11.3 Å². The van der Waals surface area contributed by atoms with Gasteiger partial charge in [-0.15, -0.1) is 11.3 Å². The van der Waals surface area contributed by atoms with Crippen molar-refractivity contribution in [2.24, 2.45) is 5.73 Å². The Bertz CT molecular complexity index is 538. The summed E-state index contributed by atoms with van der Waals surface area (Å²) < 4.78 is 0.835. The van der Waals surface area contributed by atoms with Gasteiger partial charge in [-0.05, 0) is 30.2 Å². The van der Waals surface area contributed by atoms with E-state index in [2.05, 4.69) is 43.1 Å². The van der Waals surface area contributed by atoms with Crippen LogP contribution in [0.4, 0.5) is 5.69 Å². The topological polar surface area (TPSA) is 29.3 Å². The predicted molar refractivity (Wildman–Crippen MR) is 85.1 cm³/mol. The molecule has 2 rings (SSSR count). The first-order valence-electron chi connectivity index (χ1n) is 6.41. The van der Waals surface area contributed by atoms with Gasteiger partial charge in [0.05, 0.1) is 10.9 Å². The zero-order chi connectivity index (χ0) is 13.8. The highest BCUT2D eigenvalue weighted by Gasteiger charge is 2.12. The van der Waals surface area contributed by atoms with E-state index < -0.39 is 0 Å². The summed E-state index contributed by atoms with van der Waals surface area (Å²) in [5, 5.41) is 0. The van der Waals surface area contributed by atoms with Crippen molar-refractivity contribution in [3.8, 4) is 0 Å². The van der Waals surface area contributed by atoms with Crippen molar-refractivity contribution in [1.82, 2.24) is 0 Å². The highest BCUT2D eigenvalue weighted by molar-refractivity contribution is 7.16. The first kappa shape index (κ1) is 14.4. The van der Waals surface area contributed by atoms with Crippen LogP contribution in [0.3, 0.4) is 0 Å². The summed E-state index contributed by atoms with van der Waals surface area (Å²) in [5.41, 5.74) is 8.58. The molecule has 2 N–H and O–H groups in total. The van der Waals surface area contributed by atoms with E-state index in [0.717, 1.165) is 17.3 Å². The van der Waals surface area contributed by atoms with E-state index in [-0.39, 0.29) is 6.04 Å². The quantitative estimate of drug-likeness (QED) is 0.883. The largest absolute Gasteiger partial charge is 0.369 e. The van der Waals surface area contributed by atoms with Crippen LogP contribution in [0.1, 0.15) is 29.8 Å². The van der Waals surface area contributed by atoms with Crippen LogP contribution in [-0.2, 0) is 6.54 Å². The van der Waals surface area contributed by atoms with Crippen molar-refractivity contribution >= 4 is 28.6 Å². The van der Waals surface area contributed by atoms with Crippen molar-refractivity contribution < 1.29 is 0 Å². The molecule has 1 aromatic heterocycles. The van der Waals surface area contributed by atoms with Crippen LogP contribution in [0, 0.1) is 0 Å². The van der Waals surface area contributed by atoms with E-state index in [4.69, 9.17) is 17.3 Å². The normalized spacial score (nSPS) is 12.4. The second-order valence-electron chi connectivity index (χ2n) is 4.64. The molecule has 0 fully saturated rings. The number of para-hydroxylation sites is 1. The SMILES string of the molecule is CCC(N)c1ccccc1N(C)Cc1ccc(Cl)s1. The van der Waals surface area contributed by atoms with Gasteiger partial charge in [-0.3, -0.25) is 0 Å². The van der Waals surface area contributed by atoms with Gasteiger partial charge in [0.2, 0.25) is 0 Å². The molecule has 0 aliphatic heterocycles. The van der Waals surface area contributed by atoms with Crippen molar-refractivity contribution in [3.63, 3.8) is 0 Å². The van der Waals surface area contributed by atoms with Gasteiger partial charge in [0.15, 0.2) is 0 Å². The third-order valence-electron chi connectivity index (χ3n) is 3.21. The van der Waals surface area contributed by atoms with Gasteiger partial charge in [-0.1, -0.05) is 36.7 Å². The van der Waals surface area contributed by atoms with Crippen LogP contribution in [0.2, 0.25) is 4.34 Å². The van der Waals surface area contributed by atoms with Gasteiger partial charge in [-0.25, -0.2) is 0 Å². The van der Waals surface area contributed by atoms with Crippen LogP contribution in [0.5, 0.6) is 0 Å². The summed E-state index contributed by atoms with van der Waals surface area (Å²) in [5.74, 6) is 0. The van der Waals surface area contributed by atoms with Gasteiger partial charge in [0, 0.05) is 23.7 Å². The lowest BCUT2D eigenvalue weighted by Gasteiger charge is -2.24. The summed E-state index contributed by atoms with van der Waals surface area (Å²) in [6.45, 7) is 2.96. The smallest absolute Gasteiger partial charge is 0.0931 e. The van der Waals surface area contributed by atoms with Gasteiger partial charge >= 0.3 is 0 Å². The van der Waals surface area contributed by atoms with E-state index in [9.17, 15) is 0 Å². The summed E-state index contributed by atoms with van der Waals surface area (Å²) in [7, 11) is 2.09. The monoisotopic (exact) mass is 294 g/mol. The number of hydrogen-bond acceptors (Lipinski definition) is 3. The van der Waals surface area contributed by atoms with Crippen LogP contribution in [0.25, 0.3) is 0 Å². The Morgan fingerprint density at radius 1 is 1.26 bits per heavy atom. The Morgan fingerprint density at radius 2 is 2.00 bits per heavy atom. The summed E-state index contributed by atoms with van der Waals surface area (Å²) in [6.07, 6.45) is 0.940. The molecule has 4 heteroatoms. The fourth-order valence-electron chi connectivity index (χ4n) is 2.12. The number of rotatable bonds is 5. The first-order chi connectivity index (χ1) is 9.11. The molecule has 2 aromatic rings. The molecule has 0 saturated heterocycles. The van der Waals surface area contributed by atoms with Crippen molar-refractivity contribution in [1.29, 1.82) is 0 Å². The minimum Gasteiger partial charge on any atom is -0.369 e. The highest BCUT2D eigenvalue weighted by atomic mass is 35.5. The molecule has 1 aromatic carbocycles. The summed E-state index contributed by atoms with van der Waals surface area (Å²) in [6, 6.07) is 12.4. The number of halogens is 1. The molecule has 1 atom stereocenters. The maximum Gasteiger partial charge on any atom is 0.0931 e. The second-order valence-corrected chi connectivity index (χ2v) is 6.44. The minimum absolute atomic E-state index is 0.0885. The van der Waals surface area contributed by atoms with Crippen LogP contribution >= 0.6 is 22.9 Å². The van der Waals surface area contributed by atoms with Crippen molar-refractivity contribution in [2.45, 2.75) is 25.9 Å². The minimum atomic E-state index is 0.0885. The van der Waals surface area contributed by atoms with Crippen molar-refractivity contribution in [3.05, 3.63) is 51.2 Å². The lowest BCUT2D eigenvalue weighted by Crippen LogP contribution is -2.20. The Hall–Kier alpha value is -1.03. The first-order valence-corrected chi connectivity index (χ1v) is 7.61. The Kier molecular flexibility index (Phi) is 4.86. The molecule has 0 radical (unpaired) electrons. The molecular formula is C15H19ClN2S. The van der Waals surface area contributed by atoms with Gasteiger partial charge in [-0.2, -0.15) is 0 Å². The van der Waals surface area contributed by atoms with Crippen LogP contribution < -0.4 is 10.6 Å². The molecule has 1 unspecified atom stereocenters. The standard InChI is InChI=1S/C15H19ClN2S/c1-3-13(17)12-6-4-5-7-14(12)18(2)10-11-8-9-15(16)19-11/h4-9,13H,3,10,17H2,1-2H3. The van der Waals surface area contributed by atoms with E-state index in [0.29, 0.717) is 0 Å². The average molecular weight is 295 g/mol. The molecular weight excluding hydrogens is 276 g/mol. The van der Waals surface area contributed by atoms with E-state index >= 15 is 0 Å². The Labute approximate surface area is 123 Å². The number of hydrogen-bond donors (Lipinski definition) is 1. The lowest BCUT2D eigenvalue weighted by molar-refractivity contribution is 0.694. The van der Waals surface area contributed by atoms with Gasteiger partial charge in [0.1, 0.15) is 0 Å². The lowest BCUT2D eigenvalue weighted by atomic mass is 10.0. The fourth-order valence-corrected chi connectivity index (χ4v) is 3.27. The zero-order valence-electron chi connectivity index (χ0n) is 11.3. The molecule has 0 aliphatic carbocycles. The number of nitrogens with zero attached hydrogens (tertiary/aromatic N) is 1. The van der Waals surface area contributed by atoms with E-state index in [1.165, 1.54) is 16.1 Å². The molecule has 2 nitrogen and oxygen atoms in total. The van der Waals surface area contributed by atoms with Gasteiger partial charge < -0.3 is 10.6 Å². The third kappa shape index (κ3) is 3.50. The molecule has 0 aliphatic rings. The molecule has 1 heterocycles. The number of thiophene rings is 1. The zero-order valence-corrected chi connectivity index (χ0v) is 12.8. The molecule has 102 valence electrons. The molecule has 19 heavy (non-hydrogen) atoms. The number of nitrogens with two attached hydrogens (primary N) is 1. The number of benzene rings is 1. The predicted octanol–water partition coefficient (Wildman–Crippen LogP) is 4.45. The second kappa shape index (κ2) is 6.42. The van der Waals surface area contributed by atoms with Crippen LogP contribution in [-0.4, -0.2) is 7.05 Å². The fraction of sp³-hybridized carbons (Fsp3) is 0.333. The van der Waals surface area contributed by atoms with E-state index in [1.807, 2.05) is 12.1 Å². The third-order valence-corrected chi connectivity index (χ3v) is 4.43. The maximum absolute atomic E-state index is 6.19.